The van der Waals surface area contributed by atoms with Gasteiger partial charge in [0.05, 0.1) is 5.56 Å². The van der Waals surface area contributed by atoms with E-state index in [4.69, 9.17) is 27.9 Å². The van der Waals surface area contributed by atoms with E-state index in [2.05, 4.69) is 31.4 Å². The topological polar surface area (TPSA) is 67.4 Å². The zero-order valence-corrected chi connectivity index (χ0v) is 23.1. The molecule has 2 aromatic carbocycles. The standard InChI is InChI=1S/C28H30Cl2N2O3S/c1-16(35-21-7-5-6-19(30)15-21)25(33)32-27-24(26(34)31-20-11-9-18(29)10-12-20)22-13-8-17(28(2,3)4)14-23(22)36-27/h5-7,9-12,15-17H,8,13-14H2,1-4H3,(H,31,34)(H,32,33). The fraction of sp³-hybridized carbons (Fsp3) is 0.357. The van der Waals surface area contributed by atoms with Gasteiger partial charge in [-0.1, -0.05) is 50.0 Å². The van der Waals surface area contributed by atoms with Gasteiger partial charge in [-0.25, -0.2) is 0 Å². The number of hydrogen-bond donors (Lipinski definition) is 2. The van der Waals surface area contributed by atoms with Gasteiger partial charge in [-0.15, -0.1) is 11.3 Å². The van der Waals surface area contributed by atoms with E-state index in [1.54, 1.807) is 55.5 Å². The van der Waals surface area contributed by atoms with Crippen LogP contribution in [-0.4, -0.2) is 17.9 Å². The first kappa shape index (κ1) is 26.5. The van der Waals surface area contributed by atoms with Gasteiger partial charge in [0, 0.05) is 20.6 Å². The molecule has 1 aliphatic rings. The maximum atomic E-state index is 13.5. The van der Waals surface area contributed by atoms with Crippen LogP contribution in [0.2, 0.25) is 10.0 Å². The molecule has 190 valence electrons. The molecule has 2 amide bonds. The quantitative estimate of drug-likeness (QED) is 0.331. The van der Waals surface area contributed by atoms with E-state index >= 15 is 0 Å². The summed E-state index contributed by atoms with van der Waals surface area (Å²) in [5, 5.41) is 7.61. The Morgan fingerprint density at radius 2 is 1.78 bits per heavy atom. The molecule has 0 bridgehead atoms. The minimum Gasteiger partial charge on any atom is -0.481 e. The summed E-state index contributed by atoms with van der Waals surface area (Å²) in [4.78, 5) is 27.7. The molecular formula is C28H30Cl2N2O3S. The number of hydrogen-bond acceptors (Lipinski definition) is 4. The number of carbonyl (C=O) groups excluding carboxylic acids is 2. The van der Waals surface area contributed by atoms with Gasteiger partial charge in [-0.05, 0) is 85.5 Å². The summed E-state index contributed by atoms with van der Waals surface area (Å²) < 4.78 is 5.80. The van der Waals surface area contributed by atoms with Crippen LogP contribution in [-0.2, 0) is 17.6 Å². The van der Waals surface area contributed by atoms with Gasteiger partial charge in [0.1, 0.15) is 10.8 Å². The molecule has 0 saturated carbocycles. The number of nitrogens with one attached hydrogen (secondary N) is 2. The second kappa shape index (κ2) is 10.8. The highest BCUT2D eigenvalue weighted by atomic mass is 35.5. The Labute approximate surface area is 226 Å². The third-order valence-electron chi connectivity index (χ3n) is 6.53. The van der Waals surface area contributed by atoms with Crippen LogP contribution in [0.4, 0.5) is 10.7 Å². The monoisotopic (exact) mass is 544 g/mol. The normalized spacial score (nSPS) is 16.1. The van der Waals surface area contributed by atoms with Crippen molar-refractivity contribution >= 4 is 57.0 Å². The van der Waals surface area contributed by atoms with Gasteiger partial charge in [0.15, 0.2) is 6.10 Å². The molecule has 1 aromatic heterocycles. The Morgan fingerprint density at radius 3 is 2.44 bits per heavy atom. The molecule has 8 heteroatoms. The Balaban J connectivity index is 1.60. The van der Waals surface area contributed by atoms with Crippen molar-refractivity contribution in [3.63, 3.8) is 0 Å². The van der Waals surface area contributed by atoms with Crippen molar-refractivity contribution in [1.82, 2.24) is 0 Å². The van der Waals surface area contributed by atoms with Crippen molar-refractivity contribution in [3.8, 4) is 5.75 Å². The molecule has 2 unspecified atom stereocenters. The summed E-state index contributed by atoms with van der Waals surface area (Å²) in [5.41, 5.74) is 2.35. The van der Waals surface area contributed by atoms with Crippen molar-refractivity contribution in [2.45, 2.75) is 53.1 Å². The van der Waals surface area contributed by atoms with Crippen LogP contribution in [0.1, 0.15) is 54.9 Å². The molecule has 36 heavy (non-hydrogen) atoms. The number of fused-ring (bicyclic) bond motifs is 1. The third kappa shape index (κ3) is 6.23. The van der Waals surface area contributed by atoms with Gasteiger partial charge >= 0.3 is 0 Å². The second-order valence-corrected chi connectivity index (χ2v) is 12.2. The summed E-state index contributed by atoms with van der Waals surface area (Å²) in [6, 6.07) is 13.9. The van der Waals surface area contributed by atoms with E-state index in [9.17, 15) is 9.59 Å². The Kier molecular flexibility index (Phi) is 7.98. The summed E-state index contributed by atoms with van der Waals surface area (Å²) in [6.07, 6.45) is 1.89. The number of rotatable bonds is 6. The van der Waals surface area contributed by atoms with Gasteiger partial charge < -0.3 is 15.4 Å². The van der Waals surface area contributed by atoms with E-state index in [-0.39, 0.29) is 17.2 Å². The minimum absolute atomic E-state index is 0.163. The maximum absolute atomic E-state index is 13.5. The number of thiophene rings is 1. The highest BCUT2D eigenvalue weighted by Crippen LogP contribution is 2.44. The number of anilines is 2. The number of amides is 2. The van der Waals surface area contributed by atoms with E-state index in [0.29, 0.717) is 38.0 Å². The largest absolute Gasteiger partial charge is 0.481 e. The Bertz CT molecular complexity index is 1260. The zero-order valence-electron chi connectivity index (χ0n) is 20.8. The van der Waals surface area contributed by atoms with Gasteiger partial charge in [-0.3, -0.25) is 9.59 Å². The molecule has 0 spiro atoms. The highest BCUT2D eigenvalue weighted by Gasteiger charge is 2.34. The van der Waals surface area contributed by atoms with Crippen LogP contribution in [0.25, 0.3) is 0 Å². The summed E-state index contributed by atoms with van der Waals surface area (Å²) in [7, 11) is 0. The molecule has 5 nitrogen and oxygen atoms in total. The zero-order chi connectivity index (χ0) is 26.0. The molecule has 1 heterocycles. The van der Waals surface area contributed by atoms with Crippen LogP contribution in [0.3, 0.4) is 0 Å². The molecule has 2 N–H and O–H groups in total. The predicted molar refractivity (Wildman–Crippen MR) is 149 cm³/mol. The first-order valence-electron chi connectivity index (χ1n) is 12.0. The second-order valence-electron chi connectivity index (χ2n) is 10.2. The lowest BCUT2D eigenvalue weighted by Crippen LogP contribution is -2.30. The smallest absolute Gasteiger partial charge is 0.265 e. The lowest BCUT2D eigenvalue weighted by atomic mass is 9.72. The molecule has 1 aliphatic carbocycles. The van der Waals surface area contributed by atoms with Gasteiger partial charge in [0.25, 0.3) is 11.8 Å². The average molecular weight is 546 g/mol. The van der Waals surface area contributed by atoms with Gasteiger partial charge in [-0.2, -0.15) is 0 Å². The van der Waals surface area contributed by atoms with Crippen molar-refractivity contribution < 1.29 is 14.3 Å². The summed E-state index contributed by atoms with van der Waals surface area (Å²) in [6.45, 7) is 8.43. The van der Waals surface area contributed by atoms with Crippen molar-refractivity contribution in [3.05, 3.63) is 74.6 Å². The van der Waals surface area contributed by atoms with Crippen LogP contribution in [0.15, 0.2) is 48.5 Å². The number of benzene rings is 2. The molecule has 3 aromatic rings. The SMILES string of the molecule is CC(Oc1cccc(Cl)c1)C(=O)Nc1sc2c(c1C(=O)Nc1ccc(Cl)cc1)CCC(C(C)(C)C)C2. The van der Waals surface area contributed by atoms with E-state index in [0.717, 1.165) is 29.7 Å². The van der Waals surface area contributed by atoms with E-state index < -0.39 is 6.10 Å². The first-order valence-corrected chi connectivity index (χ1v) is 13.5. The number of ether oxygens (including phenoxy) is 1. The lowest BCUT2D eigenvalue weighted by molar-refractivity contribution is -0.122. The lowest BCUT2D eigenvalue weighted by Gasteiger charge is -2.33. The fourth-order valence-electron chi connectivity index (χ4n) is 4.39. The van der Waals surface area contributed by atoms with Crippen molar-refractivity contribution in [2.75, 3.05) is 10.6 Å². The maximum Gasteiger partial charge on any atom is 0.265 e. The molecular weight excluding hydrogens is 515 g/mol. The van der Waals surface area contributed by atoms with Crippen LogP contribution in [0, 0.1) is 11.3 Å². The highest BCUT2D eigenvalue weighted by molar-refractivity contribution is 7.17. The molecule has 0 aliphatic heterocycles. The third-order valence-corrected chi connectivity index (χ3v) is 8.19. The molecule has 4 rings (SSSR count). The molecule has 0 saturated heterocycles. The average Bonchev–Trinajstić information content (AvgIpc) is 3.17. The molecule has 0 radical (unpaired) electrons. The van der Waals surface area contributed by atoms with Crippen LogP contribution in [0.5, 0.6) is 5.75 Å². The molecule has 0 fully saturated rings. The van der Waals surface area contributed by atoms with Gasteiger partial charge in [0.2, 0.25) is 0 Å². The predicted octanol–water partition coefficient (Wildman–Crippen LogP) is 7.86. The molecule has 2 atom stereocenters. The van der Waals surface area contributed by atoms with Crippen molar-refractivity contribution in [2.24, 2.45) is 11.3 Å². The minimum atomic E-state index is -0.780. The summed E-state index contributed by atoms with van der Waals surface area (Å²) >= 11 is 13.5. The van der Waals surface area contributed by atoms with Crippen LogP contribution >= 0.6 is 34.5 Å². The fourth-order valence-corrected chi connectivity index (χ4v) is 6.03. The number of carbonyl (C=O) groups is 2. The van der Waals surface area contributed by atoms with Crippen molar-refractivity contribution in [1.29, 1.82) is 0 Å². The first-order chi connectivity index (χ1) is 17.0. The van der Waals surface area contributed by atoms with Crippen LogP contribution < -0.4 is 15.4 Å². The Morgan fingerprint density at radius 1 is 1.06 bits per heavy atom. The number of halogens is 2. The van der Waals surface area contributed by atoms with E-state index in [1.807, 2.05) is 0 Å². The Hall–Kier alpha value is -2.54. The summed E-state index contributed by atoms with van der Waals surface area (Å²) in [5.74, 6) is 0.429. The van der Waals surface area contributed by atoms with E-state index in [1.165, 1.54) is 11.3 Å².